The van der Waals surface area contributed by atoms with Crippen molar-refractivity contribution < 1.29 is 14.3 Å². The second-order valence-corrected chi connectivity index (χ2v) is 6.79. The summed E-state index contributed by atoms with van der Waals surface area (Å²) in [6.45, 7) is 0. The molecular formula is C22H25NO3. The fourth-order valence-electron chi connectivity index (χ4n) is 3.36. The smallest absolute Gasteiger partial charge is 0.311 e. The molecule has 1 aliphatic rings. The maximum atomic E-state index is 12.8. The predicted molar refractivity (Wildman–Crippen MR) is 100 cm³/mol. The molecule has 0 bridgehead atoms. The second-order valence-electron chi connectivity index (χ2n) is 6.79. The van der Waals surface area contributed by atoms with Crippen LogP contribution in [0.2, 0.25) is 0 Å². The van der Waals surface area contributed by atoms with Gasteiger partial charge in [0.1, 0.15) is 0 Å². The van der Waals surface area contributed by atoms with Crippen molar-refractivity contribution in [3.05, 3.63) is 71.8 Å². The van der Waals surface area contributed by atoms with Crippen molar-refractivity contribution in [1.29, 1.82) is 0 Å². The Morgan fingerprint density at radius 1 is 0.923 bits per heavy atom. The van der Waals surface area contributed by atoms with Crippen LogP contribution in [0.1, 0.15) is 49.3 Å². The minimum atomic E-state index is -0.908. The van der Waals surface area contributed by atoms with Crippen LogP contribution in [-0.2, 0) is 20.7 Å². The molecule has 3 rings (SSSR count). The van der Waals surface area contributed by atoms with Crippen molar-refractivity contribution in [3.63, 3.8) is 0 Å². The molecule has 1 aliphatic carbocycles. The van der Waals surface area contributed by atoms with Gasteiger partial charge in [0.15, 0.2) is 0 Å². The van der Waals surface area contributed by atoms with Crippen LogP contribution in [0.5, 0.6) is 0 Å². The molecule has 0 heterocycles. The number of amides is 1. The lowest BCUT2D eigenvalue weighted by Crippen LogP contribution is -2.40. The van der Waals surface area contributed by atoms with Gasteiger partial charge in [-0.25, -0.2) is 0 Å². The summed E-state index contributed by atoms with van der Waals surface area (Å²) in [4.78, 5) is 25.2. The van der Waals surface area contributed by atoms with Crippen LogP contribution in [0.3, 0.4) is 0 Å². The molecule has 0 radical (unpaired) electrons. The van der Waals surface area contributed by atoms with E-state index in [4.69, 9.17) is 4.74 Å². The maximum absolute atomic E-state index is 12.8. The minimum absolute atomic E-state index is 0.154. The van der Waals surface area contributed by atoms with E-state index in [-0.39, 0.29) is 18.4 Å². The number of benzene rings is 2. The van der Waals surface area contributed by atoms with Gasteiger partial charge in [-0.05, 0) is 18.4 Å². The lowest BCUT2D eigenvalue weighted by atomic mass is 9.95. The lowest BCUT2D eigenvalue weighted by molar-refractivity contribution is -0.156. The molecule has 136 valence electrons. The highest BCUT2D eigenvalue weighted by Gasteiger charge is 2.27. The van der Waals surface area contributed by atoms with Crippen LogP contribution < -0.4 is 5.32 Å². The molecule has 1 atom stereocenters. The SMILES string of the molecule is O=C(Cc1ccccc1)OC(C(=O)NC1CCCCC1)c1ccccc1. The van der Waals surface area contributed by atoms with E-state index in [9.17, 15) is 9.59 Å². The van der Waals surface area contributed by atoms with E-state index in [2.05, 4.69) is 5.32 Å². The second kappa shape index (κ2) is 9.18. The van der Waals surface area contributed by atoms with Crippen molar-refractivity contribution in [1.82, 2.24) is 5.32 Å². The average Bonchev–Trinajstić information content (AvgIpc) is 2.68. The van der Waals surface area contributed by atoms with E-state index in [1.54, 1.807) is 0 Å². The zero-order valence-corrected chi connectivity index (χ0v) is 14.9. The number of carbonyl (C=O) groups is 2. The molecule has 0 saturated heterocycles. The van der Waals surface area contributed by atoms with Crippen LogP contribution >= 0.6 is 0 Å². The van der Waals surface area contributed by atoms with Crippen LogP contribution in [0.25, 0.3) is 0 Å². The zero-order chi connectivity index (χ0) is 18.2. The Labute approximate surface area is 154 Å². The molecule has 1 unspecified atom stereocenters. The quantitative estimate of drug-likeness (QED) is 0.802. The first-order valence-corrected chi connectivity index (χ1v) is 9.31. The molecule has 1 saturated carbocycles. The highest BCUT2D eigenvalue weighted by molar-refractivity contribution is 5.85. The largest absolute Gasteiger partial charge is 0.447 e. The number of ether oxygens (including phenoxy) is 1. The van der Waals surface area contributed by atoms with Gasteiger partial charge >= 0.3 is 5.97 Å². The first-order chi connectivity index (χ1) is 12.7. The van der Waals surface area contributed by atoms with Crippen molar-refractivity contribution in [3.8, 4) is 0 Å². The number of carbonyl (C=O) groups excluding carboxylic acids is 2. The Bertz CT molecular complexity index is 709. The van der Waals surface area contributed by atoms with Gasteiger partial charge in [-0.15, -0.1) is 0 Å². The summed E-state index contributed by atoms with van der Waals surface area (Å²) in [6.07, 6.45) is 4.72. The molecule has 4 heteroatoms. The van der Waals surface area contributed by atoms with Gasteiger partial charge in [-0.2, -0.15) is 0 Å². The Morgan fingerprint density at radius 2 is 1.54 bits per heavy atom. The van der Waals surface area contributed by atoms with Crippen LogP contribution in [0, 0.1) is 0 Å². The van der Waals surface area contributed by atoms with Crippen molar-refractivity contribution in [2.45, 2.75) is 50.7 Å². The molecule has 1 amide bonds. The third kappa shape index (κ3) is 5.19. The number of nitrogens with one attached hydrogen (secondary N) is 1. The van der Waals surface area contributed by atoms with Crippen LogP contribution in [0.15, 0.2) is 60.7 Å². The standard InChI is InChI=1S/C22H25NO3/c24-20(16-17-10-4-1-5-11-17)26-21(18-12-6-2-7-13-18)22(25)23-19-14-8-3-9-15-19/h1-2,4-7,10-13,19,21H,3,8-9,14-16H2,(H,23,25). The van der Waals surface area contributed by atoms with E-state index in [1.807, 2.05) is 60.7 Å². The first kappa shape index (κ1) is 18.2. The van der Waals surface area contributed by atoms with Gasteiger partial charge in [0.25, 0.3) is 5.91 Å². The third-order valence-corrected chi connectivity index (χ3v) is 4.73. The monoisotopic (exact) mass is 351 g/mol. The van der Waals surface area contributed by atoms with E-state index in [0.29, 0.717) is 5.56 Å². The van der Waals surface area contributed by atoms with Gasteiger partial charge in [-0.1, -0.05) is 79.9 Å². The highest BCUT2D eigenvalue weighted by Crippen LogP contribution is 2.22. The van der Waals surface area contributed by atoms with E-state index >= 15 is 0 Å². The van der Waals surface area contributed by atoms with Crippen molar-refractivity contribution in [2.24, 2.45) is 0 Å². The molecule has 4 nitrogen and oxygen atoms in total. The minimum Gasteiger partial charge on any atom is -0.447 e. The maximum Gasteiger partial charge on any atom is 0.311 e. The van der Waals surface area contributed by atoms with E-state index < -0.39 is 12.1 Å². The lowest BCUT2D eigenvalue weighted by Gasteiger charge is -2.25. The molecule has 0 aliphatic heterocycles. The number of hydrogen-bond acceptors (Lipinski definition) is 3. The molecule has 2 aromatic rings. The predicted octanol–water partition coefficient (Wildman–Crippen LogP) is 3.96. The summed E-state index contributed by atoms with van der Waals surface area (Å²) < 4.78 is 5.59. The van der Waals surface area contributed by atoms with E-state index in [1.165, 1.54) is 6.42 Å². The molecule has 0 spiro atoms. The summed E-state index contributed by atoms with van der Waals surface area (Å²) in [5, 5.41) is 3.07. The fraction of sp³-hybridized carbons (Fsp3) is 0.364. The van der Waals surface area contributed by atoms with Crippen LogP contribution in [0.4, 0.5) is 0 Å². The normalized spacial score (nSPS) is 15.8. The van der Waals surface area contributed by atoms with Gasteiger partial charge in [0.2, 0.25) is 6.10 Å². The third-order valence-electron chi connectivity index (χ3n) is 4.73. The van der Waals surface area contributed by atoms with E-state index in [0.717, 1.165) is 31.2 Å². The topological polar surface area (TPSA) is 55.4 Å². The van der Waals surface area contributed by atoms with Gasteiger partial charge in [-0.3, -0.25) is 9.59 Å². The summed E-state index contributed by atoms with van der Waals surface area (Å²) in [5.74, 6) is -0.631. The molecule has 26 heavy (non-hydrogen) atoms. The number of hydrogen-bond donors (Lipinski definition) is 1. The molecule has 1 N–H and O–H groups in total. The number of esters is 1. The molecular weight excluding hydrogens is 326 g/mol. The van der Waals surface area contributed by atoms with Crippen LogP contribution in [-0.4, -0.2) is 17.9 Å². The van der Waals surface area contributed by atoms with Gasteiger partial charge in [0, 0.05) is 11.6 Å². The summed E-state index contributed by atoms with van der Waals surface area (Å²) >= 11 is 0. The summed E-state index contributed by atoms with van der Waals surface area (Å²) in [5.41, 5.74) is 1.57. The number of rotatable bonds is 6. The summed E-state index contributed by atoms with van der Waals surface area (Å²) in [7, 11) is 0. The van der Waals surface area contributed by atoms with Crippen molar-refractivity contribution >= 4 is 11.9 Å². The van der Waals surface area contributed by atoms with Gasteiger partial charge in [0.05, 0.1) is 6.42 Å². The Morgan fingerprint density at radius 3 is 2.19 bits per heavy atom. The molecule has 2 aromatic carbocycles. The Kier molecular flexibility index (Phi) is 6.42. The molecule has 1 fully saturated rings. The average molecular weight is 351 g/mol. The first-order valence-electron chi connectivity index (χ1n) is 9.31. The molecule has 0 aromatic heterocycles. The zero-order valence-electron chi connectivity index (χ0n) is 14.9. The summed E-state index contributed by atoms with van der Waals surface area (Å²) in [6, 6.07) is 18.8. The fourth-order valence-corrected chi connectivity index (χ4v) is 3.36. The Hall–Kier alpha value is -2.62. The van der Waals surface area contributed by atoms with Gasteiger partial charge < -0.3 is 10.1 Å². The Balaban J connectivity index is 1.68. The van der Waals surface area contributed by atoms with Crippen molar-refractivity contribution in [2.75, 3.05) is 0 Å². The highest BCUT2D eigenvalue weighted by atomic mass is 16.5.